The topological polar surface area (TPSA) is 76.5 Å². The summed E-state index contributed by atoms with van der Waals surface area (Å²) in [5.41, 5.74) is 2.49. The Morgan fingerprint density at radius 1 is 1.07 bits per heavy atom. The molecule has 1 aromatic heterocycles. The molecule has 0 atom stereocenters. The Balaban J connectivity index is 1.88. The van der Waals surface area contributed by atoms with Crippen molar-refractivity contribution in [1.82, 2.24) is 14.5 Å². The zero-order valence-corrected chi connectivity index (χ0v) is 17.0. The van der Waals surface area contributed by atoms with Gasteiger partial charge in [0.05, 0.1) is 23.7 Å². The zero-order chi connectivity index (χ0) is 20.8. The summed E-state index contributed by atoms with van der Waals surface area (Å²) in [5, 5.41) is 2.90. The lowest BCUT2D eigenvalue weighted by Gasteiger charge is -2.19. The fourth-order valence-corrected chi connectivity index (χ4v) is 3.26. The van der Waals surface area contributed by atoms with E-state index in [1.165, 1.54) is 13.2 Å². The van der Waals surface area contributed by atoms with Crippen LogP contribution < -0.4 is 5.32 Å². The number of ether oxygens (including phenoxy) is 1. The van der Waals surface area contributed by atoms with Crippen molar-refractivity contribution in [2.24, 2.45) is 0 Å². The van der Waals surface area contributed by atoms with Crippen LogP contribution in [0.1, 0.15) is 34.6 Å². The van der Waals surface area contributed by atoms with Gasteiger partial charge in [-0.3, -0.25) is 10.1 Å². The molecule has 1 heterocycles. The summed E-state index contributed by atoms with van der Waals surface area (Å²) in [6.07, 6.45) is 0. The molecule has 0 fully saturated rings. The van der Waals surface area contributed by atoms with Crippen molar-refractivity contribution in [2.45, 2.75) is 20.4 Å². The number of fused-ring (bicyclic) bond motifs is 1. The standard InChI is InChI=1S/C22H26N4O3/c1-4-25(5-2)13-14-26-19-12-7-6-11-18(19)23-22(26)24-20(27)16-9-8-10-17(15-16)21(28)29-3/h6-12,15H,4-5,13-14H2,1-3H3,(H,23,24,27). The van der Waals surface area contributed by atoms with Crippen LogP contribution in [0.4, 0.5) is 5.95 Å². The van der Waals surface area contributed by atoms with Crippen LogP contribution in [-0.4, -0.2) is 53.1 Å². The number of amides is 1. The average Bonchev–Trinajstić information content (AvgIpc) is 3.11. The highest BCUT2D eigenvalue weighted by atomic mass is 16.5. The number of carbonyl (C=O) groups excluding carboxylic acids is 2. The maximum absolute atomic E-state index is 12.8. The number of carbonyl (C=O) groups is 2. The number of imidazole rings is 1. The van der Waals surface area contributed by atoms with Gasteiger partial charge in [0.1, 0.15) is 0 Å². The van der Waals surface area contributed by atoms with E-state index in [4.69, 9.17) is 4.74 Å². The lowest BCUT2D eigenvalue weighted by Crippen LogP contribution is -2.27. The van der Waals surface area contributed by atoms with E-state index in [0.717, 1.165) is 30.7 Å². The molecule has 0 spiro atoms. The first-order valence-corrected chi connectivity index (χ1v) is 9.74. The maximum Gasteiger partial charge on any atom is 0.337 e. The number of likely N-dealkylation sites (N-methyl/N-ethyl adjacent to an activating group) is 1. The molecule has 0 unspecified atom stereocenters. The molecule has 29 heavy (non-hydrogen) atoms. The summed E-state index contributed by atoms with van der Waals surface area (Å²) in [6, 6.07) is 14.3. The molecule has 0 radical (unpaired) electrons. The van der Waals surface area contributed by atoms with Gasteiger partial charge >= 0.3 is 5.97 Å². The van der Waals surface area contributed by atoms with Gasteiger partial charge in [-0.2, -0.15) is 0 Å². The SMILES string of the molecule is CCN(CC)CCn1c(NC(=O)c2cccc(C(=O)OC)c2)nc2ccccc21. The van der Waals surface area contributed by atoms with Gasteiger partial charge in [-0.05, 0) is 43.4 Å². The first-order chi connectivity index (χ1) is 14.1. The Bertz CT molecular complexity index is 1010. The second kappa shape index (κ2) is 9.34. The summed E-state index contributed by atoms with van der Waals surface area (Å²) >= 11 is 0. The Hall–Kier alpha value is -3.19. The largest absolute Gasteiger partial charge is 0.465 e. The van der Waals surface area contributed by atoms with E-state index < -0.39 is 5.97 Å². The Kier molecular flexibility index (Phi) is 6.61. The highest BCUT2D eigenvalue weighted by Gasteiger charge is 2.16. The molecule has 7 nitrogen and oxygen atoms in total. The second-order valence-electron chi connectivity index (χ2n) is 6.63. The van der Waals surface area contributed by atoms with Crippen LogP contribution in [0.5, 0.6) is 0 Å². The number of benzene rings is 2. The number of rotatable bonds is 8. The van der Waals surface area contributed by atoms with Crippen LogP contribution >= 0.6 is 0 Å². The number of nitrogens with one attached hydrogen (secondary N) is 1. The van der Waals surface area contributed by atoms with Gasteiger partial charge in [-0.25, -0.2) is 9.78 Å². The van der Waals surface area contributed by atoms with Crippen molar-refractivity contribution < 1.29 is 14.3 Å². The summed E-state index contributed by atoms with van der Waals surface area (Å²) in [7, 11) is 1.31. The summed E-state index contributed by atoms with van der Waals surface area (Å²) in [6.45, 7) is 7.75. The van der Waals surface area contributed by atoms with Gasteiger partial charge in [0.25, 0.3) is 5.91 Å². The maximum atomic E-state index is 12.8. The van der Waals surface area contributed by atoms with Gasteiger partial charge < -0.3 is 14.2 Å². The van der Waals surface area contributed by atoms with E-state index in [-0.39, 0.29) is 5.91 Å². The minimum absolute atomic E-state index is 0.324. The molecule has 0 aliphatic heterocycles. The van der Waals surface area contributed by atoms with E-state index in [9.17, 15) is 9.59 Å². The molecule has 0 bridgehead atoms. The molecule has 152 valence electrons. The molecule has 0 saturated carbocycles. The number of anilines is 1. The number of methoxy groups -OCH3 is 1. The first kappa shape index (κ1) is 20.5. The van der Waals surface area contributed by atoms with E-state index in [2.05, 4.69) is 29.0 Å². The lowest BCUT2D eigenvalue weighted by molar-refractivity contribution is 0.0600. The van der Waals surface area contributed by atoms with Crippen LogP contribution in [0.2, 0.25) is 0 Å². The fraction of sp³-hybridized carbons (Fsp3) is 0.318. The average molecular weight is 394 g/mol. The van der Waals surface area contributed by atoms with Crippen molar-refractivity contribution in [3.05, 3.63) is 59.7 Å². The van der Waals surface area contributed by atoms with Crippen LogP contribution in [0.25, 0.3) is 11.0 Å². The number of para-hydroxylation sites is 2. The third kappa shape index (κ3) is 4.63. The molecular weight excluding hydrogens is 368 g/mol. The predicted molar refractivity (Wildman–Crippen MR) is 113 cm³/mol. The number of hydrogen-bond donors (Lipinski definition) is 1. The van der Waals surface area contributed by atoms with Crippen LogP contribution in [0.3, 0.4) is 0 Å². The molecule has 0 aliphatic rings. The fourth-order valence-electron chi connectivity index (χ4n) is 3.26. The van der Waals surface area contributed by atoms with Crippen LogP contribution in [0, 0.1) is 0 Å². The molecule has 2 aromatic carbocycles. The van der Waals surface area contributed by atoms with Gasteiger partial charge in [0.2, 0.25) is 5.95 Å². The molecule has 3 rings (SSSR count). The smallest absolute Gasteiger partial charge is 0.337 e. The minimum atomic E-state index is -0.480. The van der Waals surface area contributed by atoms with Crippen molar-refractivity contribution in [3.63, 3.8) is 0 Å². The van der Waals surface area contributed by atoms with Crippen molar-refractivity contribution in [1.29, 1.82) is 0 Å². The summed E-state index contributed by atoms with van der Waals surface area (Å²) in [5.74, 6) is -0.312. The lowest BCUT2D eigenvalue weighted by atomic mass is 10.1. The van der Waals surface area contributed by atoms with Crippen molar-refractivity contribution in [3.8, 4) is 0 Å². The Morgan fingerprint density at radius 3 is 2.52 bits per heavy atom. The molecule has 3 aromatic rings. The molecule has 1 N–H and O–H groups in total. The Labute approximate surface area is 170 Å². The minimum Gasteiger partial charge on any atom is -0.465 e. The monoisotopic (exact) mass is 394 g/mol. The van der Waals surface area contributed by atoms with E-state index in [1.807, 2.05) is 28.8 Å². The van der Waals surface area contributed by atoms with E-state index in [0.29, 0.717) is 23.6 Å². The number of aromatic nitrogens is 2. The predicted octanol–water partition coefficient (Wildman–Crippen LogP) is 3.42. The van der Waals surface area contributed by atoms with Gasteiger partial charge in [0.15, 0.2) is 0 Å². The third-order valence-corrected chi connectivity index (χ3v) is 4.96. The summed E-state index contributed by atoms with van der Waals surface area (Å²) < 4.78 is 6.76. The first-order valence-electron chi connectivity index (χ1n) is 9.74. The van der Waals surface area contributed by atoms with Crippen molar-refractivity contribution in [2.75, 3.05) is 32.1 Å². The molecular formula is C22H26N4O3. The van der Waals surface area contributed by atoms with Gasteiger partial charge in [-0.15, -0.1) is 0 Å². The highest BCUT2D eigenvalue weighted by molar-refractivity contribution is 6.05. The normalized spacial score (nSPS) is 11.0. The van der Waals surface area contributed by atoms with E-state index in [1.54, 1.807) is 18.2 Å². The van der Waals surface area contributed by atoms with Crippen molar-refractivity contribution >= 4 is 28.9 Å². The van der Waals surface area contributed by atoms with E-state index >= 15 is 0 Å². The summed E-state index contributed by atoms with van der Waals surface area (Å²) in [4.78, 5) is 31.5. The van der Waals surface area contributed by atoms with Crippen LogP contribution in [0.15, 0.2) is 48.5 Å². The molecule has 0 saturated heterocycles. The second-order valence-corrected chi connectivity index (χ2v) is 6.63. The van der Waals surface area contributed by atoms with Gasteiger partial charge in [0, 0.05) is 18.7 Å². The zero-order valence-electron chi connectivity index (χ0n) is 17.0. The number of nitrogens with zero attached hydrogens (tertiary/aromatic N) is 3. The number of esters is 1. The number of hydrogen-bond acceptors (Lipinski definition) is 5. The van der Waals surface area contributed by atoms with Gasteiger partial charge in [-0.1, -0.05) is 32.0 Å². The quantitative estimate of drug-likeness (QED) is 0.593. The van der Waals surface area contributed by atoms with Crippen LogP contribution in [-0.2, 0) is 11.3 Å². The molecule has 0 aliphatic carbocycles. The Morgan fingerprint density at radius 2 is 1.79 bits per heavy atom. The third-order valence-electron chi connectivity index (χ3n) is 4.96. The molecule has 1 amide bonds. The molecule has 7 heteroatoms. The highest BCUT2D eigenvalue weighted by Crippen LogP contribution is 2.20.